The third-order valence-corrected chi connectivity index (χ3v) is 4.62. The Kier molecular flexibility index (Phi) is 5.61. The molecule has 4 aromatic rings. The van der Waals surface area contributed by atoms with Gasteiger partial charge >= 0.3 is 0 Å². The smallest absolute Gasteiger partial charge is 0.226 e. The zero-order valence-electron chi connectivity index (χ0n) is 16.9. The van der Waals surface area contributed by atoms with Gasteiger partial charge in [0.25, 0.3) is 0 Å². The first-order valence-corrected chi connectivity index (χ1v) is 9.73. The lowest BCUT2D eigenvalue weighted by Crippen LogP contribution is -2.05. The molecule has 0 bridgehead atoms. The third kappa shape index (κ3) is 4.75. The summed E-state index contributed by atoms with van der Waals surface area (Å²) in [6.07, 6.45) is 0.672. The number of carbonyl (C=O) groups is 1. The van der Waals surface area contributed by atoms with Gasteiger partial charge in [-0.15, -0.1) is 0 Å². The van der Waals surface area contributed by atoms with Crippen LogP contribution in [0.5, 0.6) is 11.5 Å². The van der Waals surface area contributed by atoms with Crippen LogP contribution < -0.4 is 10.1 Å². The second-order valence-corrected chi connectivity index (χ2v) is 7.02. The maximum Gasteiger partial charge on any atom is 0.226 e. The normalized spacial score (nSPS) is 10.6. The number of hydrogen-bond acceptors (Lipinski definition) is 4. The average Bonchev–Trinajstić information content (AvgIpc) is 3.10. The van der Waals surface area contributed by atoms with E-state index in [9.17, 15) is 4.79 Å². The van der Waals surface area contributed by atoms with Gasteiger partial charge in [0.05, 0.1) is 5.69 Å². The van der Waals surface area contributed by atoms with E-state index in [1.807, 2.05) is 85.8 Å². The largest absolute Gasteiger partial charge is 0.457 e. The molecule has 0 aliphatic heterocycles. The fourth-order valence-electron chi connectivity index (χ4n) is 3.11. The van der Waals surface area contributed by atoms with Crippen LogP contribution in [0.2, 0.25) is 0 Å². The first-order valence-electron chi connectivity index (χ1n) is 9.73. The van der Waals surface area contributed by atoms with Crippen LogP contribution in [0.3, 0.4) is 0 Å². The highest BCUT2D eigenvalue weighted by atomic mass is 16.5. The number of para-hydroxylation sites is 1. The van der Waals surface area contributed by atoms with Crippen molar-refractivity contribution in [3.8, 4) is 23.0 Å². The molecule has 0 fully saturated rings. The van der Waals surface area contributed by atoms with Gasteiger partial charge in [0, 0.05) is 24.6 Å². The Balaban J connectivity index is 1.45. The van der Waals surface area contributed by atoms with Crippen molar-refractivity contribution in [2.24, 2.45) is 0 Å². The summed E-state index contributed by atoms with van der Waals surface area (Å²) >= 11 is 0. The van der Waals surface area contributed by atoms with Crippen LogP contribution in [0.4, 0.5) is 5.69 Å². The van der Waals surface area contributed by atoms with Gasteiger partial charge in [-0.3, -0.25) is 4.79 Å². The minimum absolute atomic E-state index is 0.0998. The number of amides is 1. The van der Waals surface area contributed by atoms with E-state index in [1.165, 1.54) is 6.92 Å². The Morgan fingerprint density at radius 3 is 2.27 bits per heavy atom. The molecule has 1 aromatic heterocycles. The van der Waals surface area contributed by atoms with Gasteiger partial charge in [-0.25, -0.2) is 4.98 Å². The second kappa shape index (κ2) is 8.66. The number of oxazole rings is 1. The van der Waals surface area contributed by atoms with Crippen LogP contribution in [0.1, 0.15) is 23.9 Å². The molecule has 0 atom stereocenters. The van der Waals surface area contributed by atoms with Crippen LogP contribution in [-0.2, 0) is 11.2 Å². The van der Waals surface area contributed by atoms with Crippen molar-refractivity contribution < 1.29 is 13.9 Å². The molecule has 1 N–H and O–H groups in total. The number of aryl methyl sites for hydroxylation is 1. The quantitative estimate of drug-likeness (QED) is 0.433. The molecule has 5 nitrogen and oxygen atoms in total. The highest BCUT2D eigenvalue weighted by molar-refractivity contribution is 5.88. The number of benzene rings is 3. The van der Waals surface area contributed by atoms with Crippen LogP contribution in [0, 0.1) is 6.92 Å². The van der Waals surface area contributed by atoms with E-state index in [0.717, 1.165) is 39.8 Å². The molecular weight excluding hydrogens is 376 g/mol. The molecule has 5 heteroatoms. The Bertz CT molecular complexity index is 1130. The molecule has 4 rings (SSSR count). The minimum Gasteiger partial charge on any atom is -0.457 e. The van der Waals surface area contributed by atoms with Crippen LogP contribution in [0.15, 0.2) is 83.3 Å². The molecule has 0 radical (unpaired) electrons. The maximum atomic E-state index is 11.2. The minimum atomic E-state index is -0.0998. The Morgan fingerprint density at radius 1 is 0.933 bits per heavy atom. The first kappa shape index (κ1) is 19.5. The SMILES string of the molecule is CC(=O)Nc1ccc(-c2nc(Cc3ccc(Oc4ccccc4)cc3)c(C)o2)cc1. The molecule has 0 aliphatic carbocycles. The Labute approximate surface area is 175 Å². The summed E-state index contributed by atoms with van der Waals surface area (Å²) in [5, 5.41) is 2.75. The summed E-state index contributed by atoms with van der Waals surface area (Å²) in [6, 6.07) is 25.1. The predicted octanol–water partition coefficient (Wildman–Crippen LogP) is 5.99. The van der Waals surface area contributed by atoms with Gasteiger partial charge in [0.1, 0.15) is 17.3 Å². The average molecular weight is 398 g/mol. The number of hydrogen-bond donors (Lipinski definition) is 1. The van der Waals surface area contributed by atoms with Crippen molar-refractivity contribution in [2.45, 2.75) is 20.3 Å². The number of nitrogens with zero attached hydrogens (tertiary/aromatic N) is 1. The Hall–Kier alpha value is -3.86. The van der Waals surface area contributed by atoms with E-state index >= 15 is 0 Å². The number of ether oxygens (including phenoxy) is 1. The van der Waals surface area contributed by atoms with Gasteiger partial charge in [-0.1, -0.05) is 30.3 Å². The highest BCUT2D eigenvalue weighted by Crippen LogP contribution is 2.26. The summed E-state index contributed by atoms with van der Waals surface area (Å²) in [5.74, 6) is 2.87. The predicted molar refractivity (Wildman–Crippen MR) is 117 cm³/mol. The van der Waals surface area contributed by atoms with E-state index in [1.54, 1.807) is 0 Å². The summed E-state index contributed by atoms with van der Waals surface area (Å²) < 4.78 is 11.7. The molecule has 0 unspecified atom stereocenters. The molecule has 3 aromatic carbocycles. The monoisotopic (exact) mass is 398 g/mol. The van der Waals surface area contributed by atoms with Crippen LogP contribution >= 0.6 is 0 Å². The zero-order valence-corrected chi connectivity index (χ0v) is 16.9. The second-order valence-electron chi connectivity index (χ2n) is 7.02. The summed E-state index contributed by atoms with van der Waals surface area (Å²) in [7, 11) is 0. The molecule has 30 heavy (non-hydrogen) atoms. The van der Waals surface area contributed by atoms with E-state index in [-0.39, 0.29) is 5.91 Å². The van der Waals surface area contributed by atoms with Crippen molar-refractivity contribution in [1.29, 1.82) is 0 Å². The van der Waals surface area contributed by atoms with Gasteiger partial charge in [0.2, 0.25) is 11.8 Å². The van der Waals surface area contributed by atoms with Crippen molar-refractivity contribution in [3.63, 3.8) is 0 Å². The van der Waals surface area contributed by atoms with Crippen molar-refractivity contribution in [3.05, 3.63) is 95.9 Å². The zero-order chi connectivity index (χ0) is 20.9. The molecule has 0 saturated carbocycles. The summed E-state index contributed by atoms with van der Waals surface area (Å²) in [4.78, 5) is 15.8. The fraction of sp³-hybridized carbons (Fsp3) is 0.120. The van der Waals surface area contributed by atoms with E-state index in [0.29, 0.717) is 12.3 Å². The van der Waals surface area contributed by atoms with Crippen molar-refractivity contribution in [1.82, 2.24) is 4.98 Å². The van der Waals surface area contributed by atoms with Gasteiger partial charge in [0.15, 0.2) is 0 Å². The van der Waals surface area contributed by atoms with Gasteiger partial charge in [-0.05, 0) is 61.0 Å². The van der Waals surface area contributed by atoms with Gasteiger partial charge in [-0.2, -0.15) is 0 Å². The number of rotatable bonds is 6. The lowest BCUT2D eigenvalue weighted by Gasteiger charge is -2.06. The van der Waals surface area contributed by atoms with E-state index in [4.69, 9.17) is 9.15 Å². The number of nitrogens with one attached hydrogen (secondary N) is 1. The van der Waals surface area contributed by atoms with Gasteiger partial charge < -0.3 is 14.5 Å². The maximum absolute atomic E-state index is 11.2. The number of aromatic nitrogens is 1. The number of anilines is 1. The van der Waals surface area contributed by atoms with Crippen LogP contribution in [-0.4, -0.2) is 10.9 Å². The van der Waals surface area contributed by atoms with Crippen molar-refractivity contribution >= 4 is 11.6 Å². The molecule has 0 spiro atoms. The molecule has 1 amide bonds. The van der Waals surface area contributed by atoms with Crippen molar-refractivity contribution in [2.75, 3.05) is 5.32 Å². The summed E-state index contributed by atoms with van der Waals surface area (Å²) in [6.45, 7) is 3.41. The van der Waals surface area contributed by atoms with E-state index < -0.39 is 0 Å². The van der Waals surface area contributed by atoms with E-state index in [2.05, 4.69) is 10.3 Å². The highest BCUT2D eigenvalue weighted by Gasteiger charge is 2.12. The molecule has 1 heterocycles. The topological polar surface area (TPSA) is 64.4 Å². The molecule has 150 valence electrons. The standard InChI is InChI=1S/C25H22N2O3/c1-17-24(27-25(29-17)20-10-12-21(13-11-20)26-18(2)28)16-19-8-14-23(15-9-19)30-22-6-4-3-5-7-22/h3-15H,16H2,1-2H3,(H,26,28). The molecular formula is C25H22N2O3. The number of carbonyl (C=O) groups excluding carboxylic acids is 1. The lowest BCUT2D eigenvalue weighted by atomic mass is 10.1. The Morgan fingerprint density at radius 2 is 1.60 bits per heavy atom. The first-order chi connectivity index (χ1) is 14.6. The molecule has 0 aliphatic rings. The summed E-state index contributed by atoms with van der Waals surface area (Å²) in [5.41, 5.74) is 3.63. The lowest BCUT2D eigenvalue weighted by molar-refractivity contribution is -0.114. The van der Waals surface area contributed by atoms with Crippen LogP contribution in [0.25, 0.3) is 11.5 Å². The fourth-order valence-corrected chi connectivity index (χ4v) is 3.11. The third-order valence-electron chi connectivity index (χ3n) is 4.62. The molecule has 0 saturated heterocycles.